The third-order valence-electron chi connectivity index (χ3n) is 4.67. The number of aromatic nitrogens is 4. The van der Waals surface area contributed by atoms with Gasteiger partial charge >= 0.3 is 0 Å². The van der Waals surface area contributed by atoms with Crippen LogP contribution in [0.15, 0.2) is 66.2 Å². The zero-order valence-corrected chi connectivity index (χ0v) is 17.3. The molecule has 1 unspecified atom stereocenters. The number of carbonyl (C=O) groups excluding carboxylic acids is 1. The van der Waals surface area contributed by atoms with E-state index in [2.05, 4.69) is 27.4 Å². The van der Waals surface area contributed by atoms with Gasteiger partial charge in [-0.2, -0.15) is 0 Å². The van der Waals surface area contributed by atoms with Crippen molar-refractivity contribution in [1.82, 2.24) is 19.7 Å². The molecule has 2 aromatic heterocycles. The number of hydrogen-bond acceptors (Lipinski definition) is 5. The first-order valence-electron chi connectivity index (χ1n) is 9.28. The minimum atomic E-state index is -0.175. The molecule has 0 saturated heterocycles. The van der Waals surface area contributed by atoms with E-state index in [-0.39, 0.29) is 11.2 Å². The van der Waals surface area contributed by atoms with E-state index in [1.54, 1.807) is 24.3 Å². The van der Waals surface area contributed by atoms with E-state index in [0.717, 1.165) is 32.9 Å². The summed E-state index contributed by atoms with van der Waals surface area (Å²) in [5.41, 5.74) is 4.42. The lowest BCUT2D eigenvalue weighted by Gasteiger charge is -2.13. The minimum absolute atomic E-state index is 0.167. The van der Waals surface area contributed by atoms with E-state index < -0.39 is 0 Å². The summed E-state index contributed by atoms with van der Waals surface area (Å²) < 4.78 is 1.89. The van der Waals surface area contributed by atoms with E-state index in [1.165, 1.54) is 0 Å². The molecule has 7 heteroatoms. The maximum absolute atomic E-state index is 12.7. The van der Waals surface area contributed by atoms with Crippen molar-refractivity contribution in [2.45, 2.75) is 24.3 Å². The topological polar surface area (TPSA) is 72.7 Å². The normalized spacial score (nSPS) is 12.1. The molecule has 146 valence electrons. The number of fused-ring (bicyclic) bond motifs is 1. The number of carbonyl (C=O) groups is 1. The van der Waals surface area contributed by atoms with Gasteiger partial charge in [0.15, 0.2) is 5.16 Å². The number of hydrogen-bond donors (Lipinski definition) is 1. The second kappa shape index (κ2) is 8.05. The third kappa shape index (κ3) is 4.30. The van der Waals surface area contributed by atoms with Crippen LogP contribution in [0.3, 0.4) is 0 Å². The van der Waals surface area contributed by atoms with Crippen molar-refractivity contribution in [3.05, 3.63) is 77.7 Å². The number of benzene rings is 2. The number of nitrogens with zero attached hydrogens (tertiary/aromatic N) is 4. The Morgan fingerprint density at radius 3 is 2.83 bits per heavy atom. The van der Waals surface area contributed by atoms with Crippen LogP contribution in [0.2, 0.25) is 0 Å². The summed E-state index contributed by atoms with van der Waals surface area (Å²) in [6.45, 7) is 4.13. The lowest BCUT2D eigenvalue weighted by atomic mass is 10.1. The second-order valence-electron chi connectivity index (χ2n) is 6.98. The quantitative estimate of drug-likeness (QED) is 0.486. The summed E-state index contributed by atoms with van der Waals surface area (Å²) in [4.78, 5) is 17.2. The Bertz CT molecular complexity index is 1190. The fraction of sp³-hybridized carbons (Fsp3) is 0.182. The fourth-order valence-electron chi connectivity index (χ4n) is 3.03. The largest absolute Gasteiger partial charge is 0.322 e. The number of thioether (sulfide) groups is 1. The van der Waals surface area contributed by atoms with E-state index in [9.17, 15) is 4.79 Å². The minimum Gasteiger partial charge on any atom is -0.322 e. The van der Waals surface area contributed by atoms with Crippen molar-refractivity contribution in [2.24, 2.45) is 7.05 Å². The molecule has 0 aliphatic heterocycles. The van der Waals surface area contributed by atoms with Crippen molar-refractivity contribution in [2.75, 3.05) is 5.32 Å². The van der Waals surface area contributed by atoms with Crippen LogP contribution in [0.1, 0.15) is 33.7 Å². The molecule has 4 aromatic rings. The molecule has 1 atom stereocenters. The summed E-state index contributed by atoms with van der Waals surface area (Å²) in [5, 5.41) is 13.0. The Labute approximate surface area is 173 Å². The molecule has 0 saturated carbocycles. The zero-order chi connectivity index (χ0) is 20.4. The van der Waals surface area contributed by atoms with E-state index >= 15 is 0 Å². The fourth-order valence-corrected chi connectivity index (χ4v) is 3.94. The first kappa shape index (κ1) is 19.1. The van der Waals surface area contributed by atoms with E-state index in [1.807, 2.05) is 67.1 Å². The molecule has 0 aliphatic carbocycles. The van der Waals surface area contributed by atoms with Gasteiger partial charge in [-0.15, -0.1) is 10.2 Å². The van der Waals surface area contributed by atoms with Crippen LogP contribution in [-0.2, 0) is 7.05 Å². The van der Waals surface area contributed by atoms with Gasteiger partial charge in [-0.05, 0) is 49.2 Å². The van der Waals surface area contributed by atoms with Gasteiger partial charge in [-0.3, -0.25) is 9.78 Å². The van der Waals surface area contributed by atoms with E-state index in [0.29, 0.717) is 5.56 Å². The number of nitrogens with one attached hydrogen (secondary N) is 1. The highest BCUT2D eigenvalue weighted by Crippen LogP contribution is 2.34. The molecule has 6 nitrogen and oxygen atoms in total. The van der Waals surface area contributed by atoms with Gasteiger partial charge in [0.25, 0.3) is 5.91 Å². The van der Waals surface area contributed by atoms with Gasteiger partial charge < -0.3 is 9.88 Å². The molecule has 4 rings (SSSR count). The molecule has 0 aliphatic rings. The summed E-state index contributed by atoms with van der Waals surface area (Å²) in [5.74, 6) is -0.175. The Morgan fingerprint density at radius 2 is 2.03 bits per heavy atom. The first-order valence-corrected chi connectivity index (χ1v) is 10.2. The van der Waals surface area contributed by atoms with Gasteiger partial charge in [0.1, 0.15) is 6.33 Å². The van der Waals surface area contributed by atoms with Crippen LogP contribution in [0.25, 0.3) is 10.9 Å². The van der Waals surface area contributed by atoms with Crippen LogP contribution in [0, 0.1) is 6.92 Å². The molecule has 0 spiro atoms. The highest BCUT2D eigenvalue weighted by molar-refractivity contribution is 7.99. The van der Waals surface area contributed by atoms with Crippen molar-refractivity contribution in [1.29, 1.82) is 0 Å². The smallest absolute Gasteiger partial charge is 0.257 e. The van der Waals surface area contributed by atoms with Gasteiger partial charge in [-0.1, -0.05) is 36.0 Å². The van der Waals surface area contributed by atoms with Crippen LogP contribution in [0.4, 0.5) is 5.69 Å². The standard InChI is InChI=1S/C22H21N5OS/c1-14-7-8-17-10-18(12-23-20(17)9-14)21(28)25-19-6-4-5-16(11-19)15(2)29-22-26-24-13-27(22)3/h4-13,15H,1-3H3,(H,25,28). The number of aryl methyl sites for hydroxylation is 2. The Kier molecular flexibility index (Phi) is 5.31. The monoisotopic (exact) mass is 403 g/mol. The third-order valence-corrected chi connectivity index (χ3v) is 5.87. The Balaban J connectivity index is 1.50. The van der Waals surface area contributed by atoms with Gasteiger partial charge in [0.2, 0.25) is 0 Å². The van der Waals surface area contributed by atoms with Crippen molar-refractivity contribution < 1.29 is 4.79 Å². The summed E-state index contributed by atoms with van der Waals surface area (Å²) in [6, 6.07) is 15.8. The molecule has 1 N–H and O–H groups in total. The van der Waals surface area contributed by atoms with Crippen LogP contribution in [0.5, 0.6) is 0 Å². The maximum atomic E-state index is 12.7. The number of rotatable bonds is 5. The summed E-state index contributed by atoms with van der Waals surface area (Å²) >= 11 is 1.62. The molecule has 29 heavy (non-hydrogen) atoms. The van der Waals surface area contributed by atoms with E-state index in [4.69, 9.17) is 0 Å². The lowest BCUT2D eigenvalue weighted by Crippen LogP contribution is -2.12. The Morgan fingerprint density at radius 1 is 1.17 bits per heavy atom. The predicted molar refractivity (Wildman–Crippen MR) is 116 cm³/mol. The summed E-state index contributed by atoms with van der Waals surface area (Å²) in [6.07, 6.45) is 3.30. The van der Waals surface area contributed by atoms with Gasteiger partial charge in [-0.25, -0.2) is 0 Å². The lowest BCUT2D eigenvalue weighted by molar-refractivity contribution is 0.102. The number of pyridine rings is 1. The van der Waals surface area contributed by atoms with Crippen molar-refractivity contribution in [3.8, 4) is 0 Å². The van der Waals surface area contributed by atoms with Crippen molar-refractivity contribution in [3.63, 3.8) is 0 Å². The SMILES string of the molecule is Cc1ccc2cc(C(=O)Nc3cccc(C(C)Sc4nncn4C)c3)cnc2c1. The first-order chi connectivity index (χ1) is 14.0. The molecule has 2 heterocycles. The molecule has 0 bridgehead atoms. The Hall–Kier alpha value is -3.19. The number of amides is 1. The molecular formula is C22H21N5OS. The van der Waals surface area contributed by atoms with Gasteiger partial charge in [0.05, 0.1) is 11.1 Å². The number of anilines is 1. The van der Waals surface area contributed by atoms with Crippen LogP contribution in [-0.4, -0.2) is 25.7 Å². The molecular weight excluding hydrogens is 382 g/mol. The highest BCUT2D eigenvalue weighted by atomic mass is 32.2. The predicted octanol–water partition coefficient (Wildman–Crippen LogP) is 4.78. The zero-order valence-electron chi connectivity index (χ0n) is 16.5. The summed E-state index contributed by atoms with van der Waals surface area (Å²) in [7, 11) is 1.92. The molecule has 0 radical (unpaired) electrons. The molecule has 1 amide bonds. The highest BCUT2D eigenvalue weighted by Gasteiger charge is 2.13. The van der Waals surface area contributed by atoms with Crippen LogP contribution < -0.4 is 5.32 Å². The molecule has 0 fully saturated rings. The second-order valence-corrected chi connectivity index (χ2v) is 8.29. The van der Waals surface area contributed by atoms with Gasteiger partial charge in [0, 0.05) is 29.6 Å². The molecule has 2 aromatic carbocycles. The van der Waals surface area contributed by atoms with Crippen LogP contribution >= 0.6 is 11.8 Å². The average Bonchev–Trinajstić information content (AvgIpc) is 3.12. The maximum Gasteiger partial charge on any atom is 0.257 e. The van der Waals surface area contributed by atoms with Crippen molar-refractivity contribution >= 4 is 34.3 Å². The average molecular weight is 404 g/mol.